The summed E-state index contributed by atoms with van der Waals surface area (Å²) in [7, 11) is -2.82. The molecule has 0 aromatic carbocycles. The number of hydrogen-bond donors (Lipinski definition) is 1. The fourth-order valence-electron chi connectivity index (χ4n) is 2.46. The van der Waals surface area contributed by atoms with Gasteiger partial charge in [-0.2, -0.15) is 0 Å². The molecule has 84 valence electrons. The van der Waals surface area contributed by atoms with Crippen LogP contribution in [0.25, 0.3) is 0 Å². The second kappa shape index (κ2) is 4.19. The van der Waals surface area contributed by atoms with E-state index in [9.17, 15) is 13.5 Å². The van der Waals surface area contributed by atoms with Crippen LogP contribution in [0.3, 0.4) is 0 Å². The highest BCUT2D eigenvalue weighted by Gasteiger charge is 2.41. The summed E-state index contributed by atoms with van der Waals surface area (Å²) >= 11 is 0. The topological polar surface area (TPSA) is 54.4 Å². The van der Waals surface area contributed by atoms with E-state index in [0.29, 0.717) is 5.75 Å². The van der Waals surface area contributed by atoms with Crippen molar-refractivity contribution in [2.45, 2.75) is 33.1 Å². The van der Waals surface area contributed by atoms with Crippen LogP contribution in [-0.2, 0) is 9.84 Å². The lowest BCUT2D eigenvalue weighted by molar-refractivity contribution is 0.0626. The Balaban J connectivity index is 2.82. The van der Waals surface area contributed by atoms with Gasteiger partial charge in [-0.3, -0.25) is 0 Å². The molecule has 4 heteroatoms. The van der Waals surface area contributed by atoms with Crippen LogP contribution in [0.1, 0.15) is 33.1 Å². The Hall–Kier alpha value is -0.0900. The lowest BCUT2D eigenvalue weighted by Gasteiger charge is -2.35. The molecule has 0 aromatic heterocycles. The number of aliphatic hydroxyl groups excluding tert-OH is 1. The quantitative estimate of drug-likeness (QED) is 0.775. The molecule has 1 aliphatic heterocycles. The fraction of sp³-hybridized carbons (Fsp3) is 1.00. The summed E-state index contributed by atoms with van der Waals surface area (Å²) in [4.78, 5) is 0. The minimum atomic E-state index is -2.82. The SMILES string of the molecule is CCC(CC)(CO)C1CCS(=O)(=O)C1. The smallest absolute Gasteiger partial charge is 0.150 e. The highest BCUT2D eigenvalue weighted by atomic mass is 32.2. The second-order valence-electron chi connectivity index (χ2n) is 4.33. The lowest BCUT2D eigenvalue weighted by atomic mass is 9.71. The Morgan fingerprint density at radius 3 is 2.21 bits per heavy atom. The van der Waals surface area contributed by atoms with Gasteiger partial charge in [-0.05, 0) is 30.6 Å². The Bertz CT molecular complexity index is 269. The van der Waals surface area contributed by atoms with Gasteiger partial charge in [-0.25, -0.2) is 8.42 Å². The molecular formula is C10H20O3S. The van der Waals surface area contributed by atoms with Gasteiger partial charge < -0.3 is 5.11 Å². The van der Waals surface area contributed by atoms with Crippen LogP contribution in [0, 0.1) is 11.3 Å². The molecule has 3 nitrogen and oxygen atoms in total. The molecule has 1 fully saturated rings. The van der Waals surface area contributed by atoms with Crippen LogP contribution in [-0.4, -0.2) is 31.6 Å². The number of hydrogen-bond acceptors (Lipinski definition) is 3. The molecule has 14 heavy (non-hydrogen) atoms. The number of rotatable bonds is 4. The zero-order valence-corrected chi connectivity index (χ0v) is 9.81. The standard InChI is InChI=1S/C10H20O3S/c1-3-10(4-2,8-11)9-5-6-14(12,13)7-9/h9,11H,3-8H2,1-2H3. The number of sulfone groups is 1. The van der Waals surface area contributed by atoms with E-state index in [1.807, 2.05) is 13.8 Å². The molecule has 1 heterocycles. The van der Waals surface area contributed by atoms with Gasteiger partial charge in [0, 0.05) is 6.61 Å². The predicted molar refractivity (Wildman–Crippen MR) is 56.9 cm³/mol. The summed E-state index contributed by atoms with van der Waals surface area (Å²) in [5.74, 6) is 0.738. The Morgan fingerprint density at radius 2 is 1.93 bits per heavy atom. The summed E-state index contributed by atoms with van der Waals surface area (Å²) in [6.45, 7) is 4.18. The largest absolute Gasteiger partial charge is 0.396 e. The Morgan fingerprint density at radius 1 is 1.36 bits per heavy atom. The van der Waals surface area contributed by atoms with E-state index in [1.54, 1.807) is 0 Å². The summed E-state index contributed by atoms with van der Waals surface area (Å²) in [6.07, 6.45) is 2.45. The molecule has 1 N–H and O–H groups in total. The average Bonchev–Trinajstić information content (AvgIpc) is 2.51. The van der Waals surface area contributed by atoms with Crippen molar-refractivity contribution >= 4 is 9.84 Å². The van der Waals surface area contributed by atoms with Gasteiger partial charge in [0.1, 0.15) is 0 Å². The molecular weight excluding hydrogens is 200 g/mol. The average molecular weight is 220 g/mol. The normalized spacial score (nSPS) is 26.6. The molecule has 0 spiro atoms. The van der Waals surface area contributed by atoms with E-state index < -0.39 is 9.84 Å². The van der Waals surface area contributed by atoms with Crippen LogP contribution < -0.4 is 0 Å². The van der Waals surface area contributed by atoms with Crippen LogP contribution in [0.2, 0.25) is 0 Å². The first-order valence-corrected chi connectivity index (χ1v) is 7.13. The highest BCUT2D eigenvalue weighted by Crippen LogP contribution is 2.40. The molecule has 1 atom stereocenters. The molecule has 1 rings (SSSR count). The first-order valence-electron chi connectivity index (χ1n) is 5.31. The molecule has 0 aromatic rings. The third-order valence-electron chi connectivity index (χ3n) is 3.82. The summed E-state index contributed by atoms with van der Waals surface area (Å²) in [6, 6.07) is 0. The van der Waals surface area contributed by atoms with Crippen LogP contribution in [0.15, 0.2) is 0 Å². The van der Waals surface area contributed by atoms with Crippen molar-refractivity contribution in [3.05, 3.63) is 0 Å². The van der Waals surface area contributed by atoms with Gasteiger partial charge in [0.25, 0.3) is 0 Å². The molecule has 1 aliphatic rings. The van der Waals surface area contributed by atoms with Crippen LogP contribution in [0.5, 0.6) is 0 Å². The maximum atomic E-state index is 11.4. The molecule has 1 saturated heterocycles. The maximum absolute atomic E-state index is 11.4. The van der Waals surface area contributed by atoms with Gasteiger partial charge in [0.15, 0.2) is 9.84 Å². The van der Waals surface area contributed by atoms with Gasteiger partial charge in [0.2, 0.25) is 0 Å². The van der Waals surface area contributed by atoms with Gasteiger partial charge >= 0.3 is 0 Å². The molecule has 0 bridgehead atoms. The van der Waals surface area contributed by atoms with Gasteiger partial charge in [-0.1, -0.05) is 13.8 Å². The van der Waals surface area contributed by atoms with Crippen molar-refractivity contribution in [1.82, 2.24) is 0 Å². The monoisotopic (exact) mass is 220 g/mol. The van der Waals surface area contributed by atoms with E-state index in [4.69, 9.17) is 0 Å². The predicted octanol–water partition coefficient (Wildman–Crippen LogP) is 1.22. The minimum absolute atomic E-state index is 0.111. The fourth-order valence-corrected chi connectivity index (χ4v) is 4.40. The summed E-state index contributed by atoms with van der Waals surface area (Å²) in [5, 5.41) is 9.41. The van der Waals surface area contributed by atoms with E-state index >= 15 is 0 Å². The molecule has 0 aliphatic carbocycles. The van der Waals surface area contributed by atoms with E-state index in [0.717, 1.165) is 19.3 Å². The molecule has 0 amide bonds. The third kappa shape index (κ3) is 2.11. The molecule has 1 unspecified atom stereocenters. The minimum Gasteiger partial charge on any atom is -0.396 e. The van der Waals surface area contributed by atoms with Crippen molar-refractivity contribution in [2.24, 2.45) is 11.3 Å². The summed E-state index contributed by atoms with van der Waals surface area (Å²) < 4.78 is 22.7. The van der Waals surface area contributed by atoms with Crippen LogP contribution >= 0.6 is 0 Å². The van der Waals surface area contributed by atoms with Crippen molar-refractivity contribution in [3.8, 4) is 0 Å². The van der Waals surface area contributed by atoms with E-state index in [1.165, 1.54) is 0 Å². The van der Waals surface area contributed by atoms with Gasteiger partial charge in [0.05, 0.1) is 11.5 Å². The first kappa shape index (κ1) is 12.0. The van der Waals surface area contributed by atoms with Gasteiger partial charge in [-0.15, -0.1) is 0 Å². The van der Waals surface area contributed by atoms with Crippen LogP contribution in [0.4, 0.5) is 0 Å². The van der Waals surface area contributed by atoms with E-state index in [2.05, 4.69) is 0 Å². The van der Waals surface area contributed by atoms with Crippen molar-refractivity contribution in [3.63, 3.8) is 0 Å². The van der Waals surface area contributed by atoms with Crippen molar-refractivity contribution < 1.29 is 13.5 Å². The highest BCUT2D eigenvalue weighted by molar-refractivity contribution is 7.91. The maximum Gasteiger partial charge on any atom is 0.150 e. The second-order valence-corrected chi connectivity index (χ2v) is 6.56. The Labute approximate surface area is 86.4 Å². The summed E-state index contributed by atoms with van der Waals surface area (Å²) in [5.41, 5.74) is -0.163. The lowest BCUT2D eigenvalue weighted by Crippen LogP contribution is -2.34. The Kier molecular flexibility index (Phi) is 3.58. The third-order valence-corrected chi connectivity index (χ3v) is 5.59. The number of aliphatic hydroxyl groups is 1. The van der Waals surface area contributed by atoms with Crippen molar-refractivity contribution in [2.75, 3.05) is 18.1 Å². The molecule has 0 radical (unpaired) electrons. The molecule has 0 saturated carbocycles. The van der Waals surface area contributed by atoms with Crippen molar-refractivity contribution in [1.29, 1.82) is 0 Å². The first-order chi connectivity index (χ1) is 6.49. The van der Waals surface area contributed by atoms with E-state index in [-0.39, 0.29) is 23.7 Å². The zero-order chi connectivity index (χ0) is 10.8. The zero-order valence-electron chi connectivity index (χ0n) is 8.99.